The Morgan fingerprint density at radius 1 is 1.00 bits per heavy atom. The topological polar surface area (TPSA) is 82.4 Å². The molecule has 7 nitrogen and oxygen atoms in total. The van der Waals surface area contributed by atoms with Crippen LogP contribution in [0.2, 0.25) is 0 Å². The third-order valence-electron chi connectivity index (χ3n) is 5.13. The summed E-state index contributed by atoms with van der Waals surface area (Å²) >= 11 is 0. The van der Waals surface area contributed by atoms with E-state index in [-0.39, 0.29) is 10.3 Å². The number of nitrogens with one attached hydrogen (secondary N) is 1. The molecule has 0 bridgehead atoms. The van der Waals surface area contributed by atoms with Crippen LogP contribution in [-0.2, 0) is 22.5 Å². The highest BCUT2D eigenvalue weighted by Crippen LogP contribution is 2.31. The fourth-order valence-electron chi connectivity index (χ4n) is 3.28. The first-order chi connectivity index (χ1) is 14.5. The van der Waals surface area contributed by atoms with E-state index in [0.717, 1.165) is 5.56 Å². The normalized spacial score (nSPS) is 13.1. The van der Waals surface area contributed by atoms with Gasteiger partial charge in [-0.2, -0.15) is 4.72 Å². The Bertz CT molecular complexity index is 1120. The smallest absolute Gasteiger partial charge is 0.241 e. The van der Waals surface area contributed by atoms with Crippen molar-refractivity contribution in [2.24, 2.45) is 7.05 Å². The zero-order chi connectivity index (χ0) is 22.8. The van der Waals surface area contributed by atoms with Gasteiger partial charge in [0.15, 0.2) is 0 Å². The molecule has 0 fully saturated rings. The lowest BCUT2D eigenvalue weighted by Gasteiger charge is -2.22. The second-order valence-electron chi connectivity index (χ2n) is 8.37. The third-order valence-corrected chi connectivity index (χ3v) is 6.57. The molecule has 0 saturated heterocycles. The van der Waals surface area contributed by atoms with E-state index in [2.05, 4.69) is 30.5 Å². The van der Waals surface area contributed by atoms with Crippen LogP contribution in [0, 0.1) is 0 Å². The monoisotopic (exact) mass is 443 g/mol. The maximum absolute atomic E-state index is 13.3. The van der Waals surface area contributed by atoms with Crippen LogP contribution in [0.5, 0.6) is 11.5 Å². The van der Waals surface area contributed by atoms with Gasteiger partial charge < -0.3 is 14.0 Å². The lowest BCUT2D eigenvalue weighted by atomic mass is 9.87. The summed E-state index contributed by atoms with van der Waals surface area (Å²) in [6.45, 7) is 6.26. The van der Waals surface area contributed by atoms with Crippen LogP contribution in [0.4, 0.5) is 0 Å². The minimum Gasteiger partial charge on any atom is -0.497 e. The maximum Gasteiger partial charge on any atom is 0.241 e. The van der Waals surface area contributed by atoms with E-state index in [4.69, 9.17) is 9.47 Å². The van der Waals surface area contributed by atoms with E-state index < -0.39 is 16.1 Å². The first kappa shape index (κ1) is 22.8. The summed E-state index contributed by atoms with van der Waals surface area (Å²) in [6.07, 6.45) is 3.40. The van der Waals surface area contributed by atoms with Crippen LogP contribution in [0.25, 0.3) is 0 Å². The molecule has 1 N–H and O–H groups in total. The fraction of sp³-hybridized carbons (Fsp3) is 0.348. The van der Waals surface area contributed by atoms with Crippen LogP contribution in [0.3, 0.4) is 0 Å². The summed E-state index contributed by atoms with van der Waals surface area (Å²) in [4.78, 5) is 4.57. The number of aromatic nitrogens is 2. The second-order valence-corrected chi connectivity index (χ2v) is 10.1. The van der Waals surface area contributed by atoms with Gasteiger partial charge in [-0.05, 0) is 40.8 Å². The summed E-state index contributed by atoms with van der Waals surface area (Å²) in [6, 6.07) is 11.5. The Morgan fingerprint density at radius 2 is 1.58 bits per heavy atom. The van der Waals surface area contributed by atoms with Crippen molar-refractivity contribution in [2.75, 3.05) is 14.2 Å². The third kappa shape index (κ3) is 5.08. The molecule has 1 aromatic heterocycles. The van der Waals surface area contributed by atoms with Crippen molar-refractivity contribution in [1.29, 1.82) is 0 Å². The zero-order valence-electron chi connectivity index (χ0n) is 18.7. The van der Waals surface area contributed by atoms with Crippen molar-refractivity contribution in [3.05, 3.63) is 71.8 Å². The first-order valence-electron chi connectivity index (χ1n) is 9.88. The number of ether oxygens (including phenoxy) is 2. The Kier molecular flexibility index (Phi) is 6.43. The van der Waals surface area contributed by atoms with Crippen LogP contribution in [-0.4, -0.2) is 32.2 Å². The van der Waals surface area contributed by atoms with E-state index in [9.17, 15) is 8.42 Å². The molecule has 0 aliphatic carbocycles. The number of hydrogen-bond acceptors (Lipinski definition) is 5. The lowest BCUT2D eigenvalue weighted by Crippen LogP contribution is -2.31. The van der Waals surface area contributed by atoms with E-state index in [1.54, 1.807) is 61.5 Å². The molecule has 31 heavy (non-hydrogen) atoms. The Balaban J connectivity index is 2.05. The highest BCUT2D eigenvalue weighted by atomic mass is 32.2. The van der Waals surface area contributed by atoms with Gasteiger partial charge in [0.25, 0.3) is 0 Å². The van der Waals surface area contributed by atoms with E-state index in [1.807, 2.05) is 19.2 Å². The van der Waals surface area contributed by atoms with Gasteiger partial charge in [0, 0.05) is 25.5 Å². The summed E-state index contributed by atoms with van der Waals surface area (Å²) in [5.74, 6) is 1.66. The Morgan fingerprint density at radius 3 is 2.03 bits per heavy atom. The van der Waals surface area contributed by atoms with Gasteiger partial charge in [-0.15, -0.1) is 0 Å². The van der Waals surface area contributed by atoms with Crippen molar-refractivity contribution in [3.63, 3.8) is 0 Å². The van der Waals surface area contributed by atoms with Crippen LogP contribution < -0.4 is 14.2 Å². The van der Waals surface area contributed by atoms with Crippen LogP contribution >= 0.6 is 0 Å². The van der Waals surface area contributed by atoms with Crippen molar-refractivity contribution in [3.8, 4) is 11.5 Å². The molecule has 0 aliphatic heterocycles. The molecular formula is C23H29N3O4S. The molecule has 3 rings (SSSR count). The standard InChI is InChI=1S/C23H29N3O4S/c1-23(2,3)17-7-9-20(10-8-17)31(27,28)25-21(22-24-11-12-26(22)4)16-13-18(29-5)15-19(14-16)30-6/h7-15,21,25H,1-6H3/t21-/m1/s1. The minimum atomic E-state index is -3.84. The predicted molar refractivity (Wildman–Crippen MR) is 120 cm³/mol. The largest absolute Gasteiger partial charge is 0.497 e. The van der Waals surface area contributed by atoms with Crippen LogP contribution in [0.15, 0.2) is 59.8 Å². The second kappa shape index (κ2) is 8.72. The van der Waals surface area contributed by atoms with Gasteiger partial charge in [-0.25, -0.2) is 13.4 Å². The Labute approximate surface area is 184 Å². The zero-order valence-corrected chi connectivity index (χ0v) is 19.5. The summed E-state index contributed by atoms with van der Waals surface area (Å²) < 4.78 is 41.9. The number of methoxy groups -OCH3 is 2. The highest BCUT2D eigenvalue weighted by Gasteiger charge is 2.27. The number of imidazole rings is 1. The molecule has 1 atom stereocenters. The number of sulfonamides is 1. The summed E-state index contributed by atoms with van der Waals surface area (Å²) in [7, 11) is 1.08. The van der Waals surface area contributed by atoms with Gasteiger partial charge in [-0.3, -0.25) is 0 Å². The van der Waals surface area contributed by atoms with Gasteiger partial charge in [0.1, 0.15) is 23.4 Å². The number of benzene rings is 2. The Hall–Kier alpha value is -2.84. The van der Waals surface area contributed by atoms with Gasteiger partial charge in [-0.1, -0.05) is 32.9 Å². The molecule has 0 saturated carbocycles. The molecule has 166 valence electrons. The maximum atomic E-state index is 13.3. The van der Waals surface area contributed by atoms with Gasteiger partial charge in [0.05, 0.1) is 19.1 Å². The van der Waals surface area contributed by atoms with Crippen molar-refractivity contribution in [1.82, 2.24) is 14.3 Å². The average molecular weight is 444 g/mol. The minimum absolute atomic E-state index is 0.0671. The molecule has 0 unspecified atom stereocenters. The number of aryl methyl sites for hydroxylation is 1. The molecule has 1 heterocycles. The van der Waals surface area contributed by atoms with E-state index >= 15 is 0 Å². The SMILES string of the molecule is COc1cc(OC)cc([C@@H](NS(=O)(=O)c2ccc(C(C)(C)C)cc2)c2nccn2C)c1. The van der Waals surface area contributed by atoms with Crippen molar-refractivity contribution >= 4 is 10.0 Å². The molecule has 0 aliphatic rings. The quantitative estimate of drug-likeness (QED) is 0.601. The molecule has 3 aromatic rings. The molecule has 0 spiro atoms. The molecule has 0 radical (unpaired) electrons. The van der Waals surface area contributed by atoms with E-state index in [0.29, 0.717) is 22.9 Å². The molecule has 8 heteroatoms. The van der Waals surface area contributed by atoms with Crippen molar-refractivity contribution < 1.29 is 17.9 Å². The van der Waals surface area contributed by atoms with Crippen molar-refractivity contribution in [2.45, 2.75) is 37.1 Å². The van der Waals surface area contributed by atoms with E-state index in [1.165, 1.54) is 0 Å². The van der Waals surface area contributed by atoms with Crippen LogP contribution in [0.1, 0.15) is 43.8 Å². The molecule has 0 amide bonds. The number of nitrogens with zero attached hydrogens (tertiary/aromatic N) is 2. The number of hydrogen-bond donors (Lipinski definition) is 1. The summed E-state index contributed by atoms with van der Waals surface area (Å²) in [5.41, 5.74) is 1.65. The number of rotatable bonds is 7. The molecule has 2 aromatic carbocycles. The fourth-order valence-corrected chi connectivity index (χ4v) is 4.46. The first-order valence-corrected chi connectivity index (χ1v) is 11.4. The lowest BCUT2D eigenvalue weighted by molar-refractivity contribution is 0.392. The van der Waals surface area contributed by atoms with Gasteiger partial charge in [0.2, 0.25) is 10.0 Å². The predicted octanol–water partition coefficient (Wildman–Crippen LogP) is 3.80. The molecular weight excluding hydrogens is 414 g/mol. The van der Waals surface area contributed by atoms with Gasteiger partial charge >= 0.3 is 0 Å². The highest BCUT2D eigenvalue weighted by molar-refractivity contribution is 7.89. The average Bonchev–Trinajstić information content (AvgIpc) is 3.16. The summed E-state index contributed by atoms with van der Waals surface area (Å²) in [5, 5.41) is 0.